The molecule has 3 aliphatic heterocycles. The number of rotatable bonds is 8. The first kappa shape index (κ1) is 28.3. The van der Waals surface area contributed by atoms with E-state index in [0.717, 1.165) is 32.4 Å². The van der Waals surface area contributed by atoms with Crippen molar-refractivity contribution in [2.75, 3.05) is 26.2 Å². The summed E-state index contributed by atoms with van der Waals surface area (Å²) in [4.78, 5) is 11.9. The topological polar surface area (TPSA) is 56.5 Å². The van der Waals surface area contributed by atoms with E-state index in [4.69, 9.17) is 9.72 Å². The highest BCUT2D eigenvalue weighted by Crippen LogP contribution is 2.67. The van der Waals surface area contributed by atoms with Crippen molar-refractivity contribution >= 4 is 21.8 Å². The molecule has 1 aromatic carbocycles. The minimum Gasteiger partial charge on any atom is -0.364 e. The lowest BCUT2D eigenvalue weighted by molar-refractivity contribution is -0.0578. The Kier molecular flexibility index (Phi) is 8.02. The second-order valence-corrected chi connectivity index (χ2v) is 13.6. The van der Waals surface area contributed by atoms with E-state index in [1.165, 1.54) is 92.0 Å². The van der Waals surface area contributed by atoms with Crippen molar-refractivity contribution in [1.29, 1.82) is 0 Å². The summed E-state index contributed by atoms with van der Waals surface area (Å²) >= 11 is 0. The van der Waals surface area contributed by atoms with Gasteiger partial charge in [0, 0.05) is 46.4 Å². The number of likely N-dealkylation sites (tertiary alicyclic amines) is 1. The normalized spacial score (nSPS) is 34.2. The molecule has 0 radical (unpaired) electrons. The Labute approximate surface area is 252 Å². The number of allylic oxidation sites excluding steroid dienone is 3. The fourth-order valence-electron chi connectivity index (χ4n) is 9.41. The van der Waals surface area contributed by atoms with E-state index in [2.05, 4.69) is 83.5 Å². The summed E-state index contributed by atoms with van der Waals surface area (Å²) in [5.41, 5.74) is 3.64. The molecule has 224 valence electrons. The number of hydrogen-bond acceptors (Lipinski definition) is 4. The van der Waals surface area contributed by atoms with Gasteiger partial charge in [0.1, 0.15) is 5.60 Å². The van der Waals surface area contributed by atoms with Crippen LogP contribution in [-0.4, -0.2) is 58.8 Å². The first-order valence-corrected chi connectivity index (χ1v) is 17.0. The summed E-state index contributed by atoms with van der Waals surface area (Å²) < 4.78 is 7.15. The number of fused-ring (bicyclic) bond motifs is 5. The van der Waals surface area contributed by atoms with Gasteiger partial charge in [-0.25, -0.2) is 0 Å². The van der Waals surface area contributed by atoms with Gasteiger partial charge >= 0.3 is 0 Å². The lowest BCUT2D eigenvalue weighted by atomic mass is 9.50. The maximum atomic E-state index is 7.15. The van der Waals surface area contributed by atoms with Crippen molar-refractivity contribution in [2.45, 2.75) is 101 Å². The Morgan fingerprint density at radius 3 is 2.93 bits per heavy atom. The van der Waals surface area contributed by atoms with Crippen molar-refractivity contribution in [3.8, 4) is 0 Å². The van der Waals surface area contributed by atoms with Crippen molar-refractivity contribution < 1.29 is 4.74 Å². The Morgan fingerprint density at radius 1 is 1.12 bits per heavy atom. The van der Waals surface area contributed by atoms with Crippen LogP contribution in [0.1, 0.15) is 89.2 Å². The number of ether oxygens (including phenoxy) is 1. The van der Waals surface area contributed by atoms with Gasteiger partial charge in [0.15, 0.2) is 0 Å². The third kappa shape index (κ3) is 4.76. The van der Waals surface area contributed by atoms with E-state index < -0.39 is 0 Å². The molecule has 3 aromatic rings. The zero-order chi connectivity index (χ0) is 28.6. The molecule has 7 rings (SSSR count). The molecule has 0 amide bonds. The number of para-hydroxylation sites is 1. The van der Waals surface area contributed by atoms with Crippen molar-refractivity contribution in [3.05, 3.63) is 67.0 Å². The largest absolute Gasteiger partial charge is 0.364 e. The third-order valence-corrected chi connectivity index (χ3v) is 11.3. The zero-order valence-corrected chi connectivity index (χ0v) is 25.6. The smallest absolute Gasteiger partial charge is 0.112 e. The molecule has 1 unspecified atom stereocenters. The highest BCUT2D eigenvalue weighted by atomic mass is 16.6. The van der Waals surface area contributed by atoms with Gasteiger partial charge in [-0.2, -0.15) is 0 Å². The van der Waals surface area contributed by atoms with Crippen LogP contribution in [-0.2, 0) is 4.74 Å². The summed E-state index contributed by atoms with van der Waals surface area (Å²) in [5.74, 6) is 0.817. The summed E-state index contributed by atoms with van der Waals surface area (Å²) in [7, 11) is 0. The van der Waals surface area contributed by atoms with E-state index in [1.54, 1.807) is 0 Å². The van der Waals surface area contributed by atoms with E-state index in [1.807, 2.05) is 0 Å². The van der Waals surface area contributed by atoms with E-state index >= 15 is 0 Å². The first-order chi connectivity index (χ1) is 20.7. The minimum absolute atomic E-state index is 0.133. The zero-order valence-electron chi connectivity index (χ0n) is 25.6. The van der Waals surface area contributed by atoms with Crippen LogP contribution in [0.5, 0.6) is 0 Å². The molecule has 0 bridgehead atoms. The number of epoxide rings is 1. The number of nitrogens with zero attached hydrogens (tertiary/aromatic N) is 2. The predicted molar refractivity (Wildman–Crippen MR) is 174 cm³/mol. The lowest BCUT2D eigenvalue weighted by Gasteiger charge is -2.59. The summed E-state index contributed by atoms with van der Waals surface area (Å²) in [6.45, 7) is 11.1. The standard InChI is InChI=1S/C37H50N4O/c1-3-5-15-24-41-25-19-29-31(33-32-28(18-23-38-33)27-16-11-12-17-30(27)40-32)34-37(42-34,21-6-4-2)35-36(29,26-41)20-13-9-7-8-10-14-22-39-35/h4,7,9,11-12,16-18,23,29,31,34-35,39-40H,2-3,5-6,8,10,13-15,19-22,24-26H2,1H3/b9-7-/t29?,31-,34+,35-,36+,37+/m1/s1. The molecule has 42 heavy (non-hydrogen) atoms. The predicted octanol–water partition coefficient (Wildman–Crippen LogP) is 7.89. The second-order valence-electron chi connectivity index (χ2n) is 13.6. The summed E-state index contributed by atoms with van der Waals surface area (Å²) in [5, 5.41) is 6.82. The fraction of sp³-hybridized carbons (Fsp3) is 0.595. The van der Waals surface area contributed by atoms with E-state index in [-0.39, 0.29) is 23.0 Å². The summed E-state index contributed by atoms with van der Waals surface area (Å²) in [6.07, 6.45) is 22.5. The van der Waals surface area contributed by atoms with Crippen LogP contribution < -0.4 is 5.32 Å². The van der Waals surface area contributed by atoms with Gasteiger partial charge in [-0.3, -0.25) is 4.98 Å². The fourth-order valence-corrected chi connectivity index (χ4v) is 9.41. The van der Waals surface area contributed by atoms with Gasteiger partial charge in [0.2, 0.25) is 0 Å². The second kappa shape index (κ2) is 11.9. The van der Waals surface area contributed by atoms with Crippen LogP contribution in [0.2, 0.25) is 0 Å². The number of nitrogens with one attached hydrogen (secondary N) is 2. The molecule has 1 aliphatic carbocycles. The molecular formula is C37H50N4O. The number of benzene rings is 1. The molecule has 6 atom stereocenters. The quantitative estimate of drug-likeness (QED) is 0.165. The number of unbranched alkanes of at least 4 members (excludes halogenated alkanes) is 2. The monoisotopic (exact) mass is 566 g/mol. The van der Waals surface area contributed by atoms with Gasteiger partial charge in [-0.1, -0.05) is 56.2 Å². The van der Waals surface area contributed by atoms with E-state index in [0.29, 0.717) is 12.0 Å². The molecule has 1 saturated carbocycles. The lowest BCUT2D eigenvalue weighted by Crippen LogP contribution is -2.68. The SMILES string of the molecule is C=CCC[C@]12O[C@H]1[C@@H](c1nccc3c1[nH]c1ccccc13)C1CCN(CCCCC)C[C@@]13CC/C=C\CCCCN[C@H]32. The molecule has 1 spiro atoms. The average molecular weight is 567 g/mol. The number of aromatic nitrogens is 2. The van der Waals surface area contributed by atoms with Crippen molar-refractivity contribution in [2.24, 2.45) is 11.3 Å². The average Bonchev–Trinajstić information content (AvgIpc) is 3.62. The number of aromatic amines is 1. The highest BCUT2D eigenvalue weighted by Gasteiger charge is 2.75. The molecule has 5 heterocycles. The molecule has 2 aromatic heterocycles. The molecule has 5 heteroatoms. The third-order valence-electron chi connectivity index (χ3n) is 11.3. The maximum absolute atomic E-state index is 7.15. The number of piperidine rings is 1. The first-order valence-electron chi connectivity index (χ1n) is 17.0. The molecular weight excluding hydrogens is 516 g/mol. The van der Waals surface area contributed by atoms with Gasteiger partial charge in [-0.15, -0.1) is 6.58 Å². The summed E-state index contributed by atoms with van der Waals surface area (Å²) in [6, 6.07) is 11.3. The van der Waals surface area contributed by atoms with Gasteiger partial charge < -0.3 is 19.9 Å². The van der Waals surface area contributed by atoms with Crippen LogP contribution in [0, 0.1) is 11.3 Å². The molecule has 3 fully saturated rings. The molecule has 5 nitrogen and oxygen atoms in total. The van der Waals surface area contributed by atoms with Gasteiger partial charge in [0.05, 0.1) is 17.3 Å². The highest BCUT2D eigenvalue weighted by molar-refractivity contribution is 6.07. The number of H-pyrrole nitrogens is 1. The minimum atomic E-state index is -0.157. The molecule has 2 N–H and O–H groups in total. The maximum Gasteiger partial charge on any atom is 0.112 e. The number of pyridine rings is 1. The van der Waals surface area contributed by atoms with Crippen molar-refractivity contribution in [3.63, 3.8) is 0 Å². The van der Waals surface area contributed by atoms with Crippen LogP contribution in [0.3, 0.4) is 0 Å². The van der Waals surface area contributed by atoms with E-state index in [9.17, 15) is 0 Å². The van der Waals surface area contributed by atoms with Crippen molar-refractivity contribution in [1.82, 2.24) is 20.2 Å². The Bertz CT molecular complexity index is 1430. The number of hydrogen-bond donors (Lipinski definition) is 2. The molecule has 4 aliphatic rings. The van der Waals surface area contributed by atoms with Gasteiger partial charge in [0.25, 0.3) is 0 Å². The Hall–Kier alpha value is -2.47. The van der Waals surface area contributed by atoms with Crippen LogP contribution in [0.4, 0.5) is 0 Å². The Balaban J connectivity index is 1.37. The van der Waals surface area contributed by atoms with Crippen LogP contribution in [0.15, 0.2) is 61.3 Å². The Morgan fingerprint density at radius 2 is 2.02 bits per heavy atom. The van der Waals surface area contributed by atoms with Crippen LogP contribution in [0.25, 0.3) is 21.8 Å². The molecule has 2 saturated heterocycles. The van der Waals surface area contributed by atoms with Crippen LogP contribution >= 0.6 is 0 Å². The van der Waals surface area contributed by atoms with Gasteiger partial charge in [-0.05, 0) is 95.5 Å².